The standard InChI is InChI=1S/C18H17Cl2NO5/c1-2-25-18(24)17(20)26-12-4-5-13(14(19)8-12)16(23)10-3-6-15(22)11(7-10)9-21/h3-8,17,22H,2,9,21H2,1H3. The smallest absolute Gasteiger partial charge is 0.363 e. The van der Waals surface area contributed by atoms with Crippen LogP contribution in [-0.4, -0.2) is 29.0 Å². The summed E-state index contributed by atoms with van der Waals surface area (Å²) in [5, 5.41) is 9.79. The Balaban J connectivity index is 2.21. The molecule has 0 aliphatic carbocycles. The highest BCUT2D eigenvalue weighted by Gasteiger charge is 2.20. The highest BCUT2D eigenvalue weighted by molar-refractivity contribution is 6.35. The number of halogens is 2. The topological polar surface area (TPSA) is 98.8 Å². The van der Waals surface area contributed by atoms with Crippen LogP contribution in [0, 0.1) is 0 Å². The van der Waals surface area contributed by atoms with Gasteiger partial charge in [0.1, 0.15) is 11.5 Å². The lowest BCUT2D eigenvalue weighted by Crippen LogP contribution is -2.23. The zero-order valence-electron chi connectivity index (χ0n) is 13.9. The van der Waals surface area contributed by atoms with Crippen LogP contribution in [0.25, 0.3) is 0 Å². The number of carbonyl (C=O) groups excluding carboxylic acids is 2. The van der Waals surface area contributed by atoms with E-state index >= 15 is 0 Å². The van der Waals surface area contributed by atoms with Crippen molar-refractivity contribution < 1.29 is 24.2 Å². The summed E-state index contributed by atoms with van der Waals surface area (Å²) in [5.41, 5.74) is 5.23. The van der Waals surface area contributed by atoms with Gasteiger partial charge < -0.3 is 20.3 Å². The van der Waals surface area contributed by atoms with Crippen molar-refractivity contribution in [2.45, 2.75) is 19.0 Å². The molecule has 1 unspecified atom stereocenters. The van der Waals surface area contributed by atoms with Gasteiger partial charge >= 0.3 is 5.97 Å². The molecule has 0 radical (unpaired) electrons. The zero-order valence-corrected chi connectivity index (χ0v) is 15.4. The molecule has 1 atom stereocenters. The molecular weight excluding hydrogens is 381 g/mol. The molecule has 0 saturated heterocycles. The Hall–Kier alpha value is -2.28. The minimum absolute atomic E-state index is 0.0195. The molecule has 0 spiro atoms. The van der Waals surface area contributed by atoms with Crippen LogP contribution >= 0.6 is 23.2 Å². The molecule has 8 heteroatoms. The van der Waals surface area contributed by atoms with Gasteiger partial charge in [0.2, 0.25) is 0 Å². The average Bonchev–Trinajstić information content (AvgIpc) is 2.62. The fourth-order valence-electron chi connectivity index (χ4n) is 2.17. The lowest BCUT2D eigenvalue weighted by molar-refractivity contribution is -0.147. The van der Waals surface area contributed by atoms with Crippen LogP contribution in [-0.2, 0) is 16.1 Å². The van der Waals surface area contributed by atoms with Crippen molar-refractivity contribution >= 4 is 35.0 Å². The van der Waals surface area contributed by atoms with E-state index in [-0.39, 0.29) is 41.0 Å². The number of ether oxygens (including phenoxy) is 2. The normalized spacial score (nSPS) is 11.7. The quantitative estimate of drug-likeness (QED) is 0.422. The molecule has 0 amide bonds. The highest BCUT2D eigenvalue weighted by atomic mass is 35.5. The van der Waals surface area contributed by atoms with Gasteiger partial charge in [-0.05, 0) is 43.3 Å². The Morgan fingerprint density at radius 3 is 2.58 bits per heavy atom. The molecule has 2 rings (SSSR count). The Morgan fingerprint density at radius 1 is 1.23 bits per heavy atom. The number of nitrogens with two attached hydrogens (primary N) is 1. The van der Waals surface area contributed by atoms with Crippen LogP contribution in [0.15, 0.2) is 36.4 Å². The fourth-order valence-corrected chi connectivity index (χ4v) is 2.60. The predicted molar refractivity (Wildman–Crippen MR) is 97.8 cm³/mol. The molecular formula is C18H17Cl2NO5. The Morgan fingerprint density at radius 2 is 1.96 bits per heavy atom. The number of hydrogen-bond donors (Lipinski definition) is 2. The summed E-state index contributed by atoms with van der Waals surface area (Å²) in [6.45, 7) is 1.92. The molecule has 0 bridgehead atoms. The van der Waals surface area contributed by atoms with E-state index in [0.29, 0.717) is 11.1 Å². The first-order valence-electron chi connectivity index (χ1n) is 7.71. The number of ketones is 1. The third-order valence-corrected chi connectivity index (χ3v) is 4.04. The second-order valence-electron chi connectivity index (χ2n) is 5.20. The number of carbonyl (C=O) groups is 2. The summed E-state index contributed by atoms with van der Waals surface area (Å²) < 4.78 is 9.99. The highest BCUT2D eigenvalue weighted by Crippen LogP contribution is 2.27. The molecule has 0 heterocycles. The number of phenolic OH excluding ortho intramolecular Hbond substituents is 1. The van der Waals surface area contributed by atoms with Crippen molar-refractivity contribution in [1.29, 1.82) is 0 Å². The SMILES string of the molecule is CCOC(=O)C(Cl)Oc1ccc(C(=O)c2ccc(O)c(CN)c2)c(Cl)c1. The van der Waals surface area contributed by atoms with E-state index in [4.69, 9.17) is 38.4 Å². The summed E-state index contributed by atoms with van der Waals surface area (Å²) in [4.78, 5) is 24.1. The Kier molecular flexibility index (Phi) is 6.85. The zero-order chi connectivity index (χ0) is 19.3. The molecule has 2 aromatic carbocycles. The number of alkyl halides is 1. The number of phenols is 1. The van der Waals surface area contributed by atoms with E-state index < -0.39 is 11.5 Å². The maximum absolute atomic E-state index is 12.6. The number of rotatable bonds is 7. The molecule has 0 aliphatic rings. The molecule has 2 aromatic rings. The van der Waals surface area contributed by atoms with E-state index in [1.807, 2.05) is 0 Å². The van der Waals surface area contributed by atoms with Crippen molar-refractivity contribution in [3.63, 3.8) is 0 Å². The number of hydrogen-bond acceptors (Lipinski definition) is 6. The van der Waals surface area contributed by atoms with E-state index in [1.54, 1.807) is 6.92 Å². The number of esters is 1. The van der Waals surface area contributed by atoms with E-state index in [1.165, 1.54) is 36.4 Å². The Bertz CT molecular complexity index is 825. The van der Waals surface area contributed by atoms with Gasteiger partial charge in [-0.25, -0.2) is 4.79 Å². The predicted octanol–water partition coefficient (Wildman–Crippen LogP) is 3.24. The van der Waals surface area contributed by atoms with Crippen molar-refractivity contribution in [2.24, 2.45) is 5.73 Å². The summed E-state index contributed by atoms with van der Waals surface area (Å²) in [7, 11) is 0. The molecule has 138 valence electrons. The van der Waals surface area contributed by atoms with Gasteiger partial charge in [0.15, 0.2) is 5.78 Å². The van der Waals surface area contributed by atoms with E-state index in [9.17, 15) is 14.7 Å². The average molecular weight is 398 g/mol. The van der Waals surface area contributed by atoms with Crippen LogP contribution in [0.1, 0.15) is 28.4 Å². The molecule has 0 saturated carbocycles. The van der Waals surface area contributed by atoms with Crippen LogP contribution in [0.5, 0.6) is 11.5 Å². The van der Waals surface area contributed by atoms with Gasteiger partial charge in [0, 0.05) is 23.2 Å². The van der Waals surface area contributed by atoms with Gasteiger partial charge in [0.05, 0.1) is 11.6 Å². The van der Waals surface area contributed by atoms with Crippen molar-refractivity contribution in [1.82, 2.24) is 0 Å². The first-order chi connectivity index (χ1) is 12.4. The third-order valence-electron chi connectivity index (χ3n) is 3.46. The monoisotopic (exact) mass is 397 g/mol. The van der Waals surface area contributed by atoms with E-state index in [0.717, 1.165) is 0 Å². The molecule has 0 aromatic heterocycles. The van der Waals surface area contributed by atoms with Crippen molar-refractivity contribution in [2.75, 3.05) is 6.61 Å². The first-order valence-corrected chi connectivity index (χ1v) is 8.52. The van der Waals surface area contributed by atoms with E-state index in [2.05, 4.69) is 0 Å². The van der Waals surface area contributed by atoms with Gasteiger partial charge in [-0.2, -0.15) is 0 Å². The fraction of sp³-hybridized carbons (Fsp3) is 0.222. The molecule has 0 fully saturated rings. The Labute approximate surface area is 160 Å². The first kappa shape index (κ1) is 20.0. The van der Waals surface area contributed by atoms with Gasteiger partial charge in [-0.1, -0.05) is 23.2 Å². The summed E-state index contributed by atoms with van der Waals surface area (Å²) in [6.07, 6.45) is 0. The largest absolute Gasteiger partial charge is 0.508 e. The number of benzene rings is 2. The lowest BCUT2D eigenvalue weighted by Gasteiger charge is -2.13. The van der Waals surface area contributed by atoms with Crippen molar-refractivity contribution in [3.8, 4) is 11.5 Å². The maximum Gasteiger partial charge on any atom is 0.363 e. The van der Waals surface area contributed by atoms with Crippen LogP contribution in [0.3, 0.4) is 0 Å². The minimum atomic E-state index is -1.32. The van der Waals surface area contributed by atoms with Crippen molar-refractivity contribution in [3.05, 3.63) is 58.1 Å². The lowest BCUT2D eigenvalue weighted by atomic mass is 10.0. The second-order valence-corrected chi connectivity index (χ2v) is 6.01. The van der Waals surface area contributed by atoms with Crippen LogP contribution in [0.2, 0.25) is 5.02 Å². The van der Waals surface area contributed by atoms with Crippen LogP contribution in [0.4, 0.5) is 0 Å². The second kappa shape index (κ2) is 8.89. The molecule has 6 nitrogen and oxygen atoms in total. The van der Waals surface area contributed by atoms with Gasteiger partial charge in [-0.3, -0.25) is 4.79 Å². The molecule has 26 heavy (non-hydrogen) atoms. The molecule has 0 aliphatic heterocycles. The third kappa shape index (κ3) is 4.66. The van der Waals surface area contributed by atoms with Gasteiger partial charge in [-0.15, -0.1) is 0 Å². The summed E-state index contributed by atoms with van der Waals surface area (Å²) in [6, 6.07) is 8.70. The summed E-state index contributed by atoms with van der Waals surface area (Å²) >= 11 is 12.0. The van der Waals surface area contributed by atoms with Crippen LogP contribution < -0.4 is 10.5 Å². The number of aromatic hydroxyl groups is 1. The van der Waals surface area contributed by atoms with Gasteiger partial charge in [0.25, 0.3) is 5.56 Å². The molecule has 3 N–H and O–H groups in total. The minimum Gasteiger partial charge on any atom is -0.508 e. The summed E-state index contributed by atoms with van der Waals surface area (Å²) in [5.74, 6) is -0.827. The maximum atomic E-state index is 12.6.